The largest absolute Gasteiger partial charge is 0.391 e. The summed E-state index contributed by atoms with van der Waals surface area (Å²) >= 11 is 4.23. The molecule has 0 aliphatic carbocycles. The second-order valence-electron chi connectivity index (χ2n) is 4.96. The Labute approximate surface area is 133 Å². The Hall–Kier alpha value is -0.980. The lowest BCUT2D eigenvalue weighted by atomic mass is 10.0. The number of nitrogens with zero attached hydrogens (tertiary/aromatic N) is 1. The summed E-state index contributed by atoms with van der Waals surface area (Å²) in [5.41, 5.74) is -1.84. The Morgan fingerprint density at radius 1 is 1.57 bits per heavy atom. The van der Waals surface area contributed by atoms with Gasteiger partial charge in [0.25, 0.3) is 11.4 Å². The van der Waals surface area contributed by atoms with Gasteiger partial charge in [0.15, 0.2) is 12.3 Å². The van der Waals surface area contributed by atoms with Crippen molar-refractivity contribution in [1.29, 1.82) is 0 Å². The first kappa shape index (κ1) is 18.4. The van der Waals surface area contributed by atoms with E-state index in [0.29, 0.717) is 4.57 Å². The summed E-state index contributed by atoms with van der Waals surface area (Å²) in [4.78, 5) is 43.0. The number of ether oxygens (including phenoxy) is 1. The Kier molecular flexibility index (Phi) is 4.91. The van der Waals surface area contributed by atoms with Crippen LogP contribution >= 0.6 is 6.72 Å². The van der Waals surface area contributed by atoms with Gasteiger partial charge in [0.05, 0.1) is 6.10 Å². The Morgan fingerprint density at radius 3 is 2.65 bits per heavy atom. The molecule has 5 N–H and O–H groups in total. The van der Waals surface area contributed by atoms with Crippen LogP contribution in [0.4, 0.5) is 4.39 Å². The first-order valence-corrected chi connectivity index (χ1v) is 8.86. The third-order valence-electron chi connectivity index (χ3n) is 3.16. The number of aliphatic hydroxyl groups is 2. The number of H-pyrrole nitrogens is 1. The maximum absolute atomic E-state index is 14.7. The minimum atomic E-state index is -4.41. The molecule has 0 aromatic carbocycles. The minimum Gasteiger partial charge on any atom is -0.391 e. The number of aliphatic hydroxyl groups excluding tert-OH is 1. The third kappa shape index (κ3) is 3.75. The molecular formula is C10H14FN2O8PS. The second-order valence-corrected chi connectivity index (χ2v) is 7.57. The van der Waals surface area contributed by atoms with Crippen LogP contribution in [0.2, 0.25) is 0 Å². The number of rotatable bonds is 4. The zero-order valence-electron chi connectivity index (χ0n) is 11.6. The van der Waals surface area contributed by atoms with E-state index in [9.17, 15) is 34.0 Å². The number of halogens is 1. The van der Waals surface area contributed by atoms with E-state index in [1.807, 2.05) is 4.98 Å². The lowest BCUT2D eigenvalue weighted by Crippen LogP contribution is -2.47. The maximum Gasteiger partial charge on any atom is 0.330 e. The van der Waals surface area contributed by atoms with E-state index in [1.165, 1.54) is 6.92 Å². The smallest absolute Gasteiger partial charge is 0.330 e. The molecule has 0 amide bonds. The van der Waals surface area contributed by atoms with Crippen molar-refractivity contribution < 1.29 is 33.7 Å². The summed E-state index contributed by atoms with van der Waals surface area (Å²) in [5.74, 6) is -3.45. The number of aromatic nitrogens is 2. The number of alkyl halides is 1. The molecule has 130 valence electrons. The van der Waals surface area contributed by atoms with Gasteiger partial charge in [0.2, 0.25) is 0 Å². The van der Waals surface area contributed by atoms with Crippen molar-refractivity contribution in [3.8, 4) is 0 Å². The van der Waals surface area contributed by atoms with E-state index in [2.05, 4.69) is 16.3 Å². The molecule has 5 atom stereocenters. The molecule has 0 radical (unpaired) electrons. The van der Waals surface area contributed by atoms with Crippen molar-refractivity contribution in [3.63, 3.8) is 0 Å². The predicted molar refractivity (Wildman–Crippen MR) is 76.6 cm³/mol. The van der Waals surface area contributed by atoms with Crippen LogP contribution in [0.25, 0.3) is 0 Å². The summed E-state index contributed by atoms with van der Waals surface area (Å²) in [6, 6.07) is 0.884. The molecule has 0 saturated carbocycles. The maximum atomic E-state index is 14.7. The van der Waals surface area contributed by atoms with Gasteiger partial charge < -0.3 is 24.7 Å². The summed E-state index contributed by atoms with van der Waals surface area (Å²) in [6.07, 6.45) is -6.20. The van der Waals surface area contributed by atoms with E-state index in [4.69, 9.17) is 4.74 Å². The van der Waals surface area contributed by atoms with Gasteiger partial charge in [-0.1, -0.05) is 0 Å². The summed E-state index contributed by atoms with van der Waals surface area (Å²) in [7, 11) is 0. The monoisotopic (exact) mass is 372 g/mol. The Bertz CT molecular complexity index is 743. The lowest BCUT2D eigenvalue weighted by molar-refractivity contribution is -0.193. The van der Waals surface area contributed by atoms with Gasteiger partial charge in [-0.2, -0.15) is 0 Å². The van der Waals surface area contributed by atoms with Crippen LogP contribution in [-0.4, -0.2) is 53.7 Å². The lowest BCUT2D eigenvalue weighted by Gasteiger charge is -2.28. The van der Waals surface area contributed by atoms with Gasteiger partial charge in [0.1, 0.15) is 6.10 Å². The van der Waals surface area contributed by atoms with Crippen molar-refractivity contribution in [1.82, 2.24) is 9.55 Å². The van der Waals surface area contributed by atoms with Crippen LogP contribution < -0.4 is 11.2 Å². The van der Waals surface area contributed by atoms with Gasteiger partial charge in [0, 0.05) is 12.3 Å². The molecule has 13 heteroatoms. The highest BCUT2D eigenvalue weighted by molar-refractivity contribution is 8.06. The molecule has 1 saturated heterocycles. The molecule has 1 fully saturated rings. The molecule has 2 rings (SSSR count). The van der Waals surface area contributed by atoms with E-state index in [0.717, 1.165) is 12.3 Å². The zero-order valence-corrected chi connectivity index (χ0v) is 13.3. The van der Waals surface area contributed by atoms with Gasteiger partial charge in [-0.3, -0.25) is 18.9 Å². The number of hydrogen-bond acceptors (Lipinski definition) is 7. The average Bonchev–Trinajstić information content (AvgIpc) is 2.61. The van der Waals surface area contributed by atoms with Crippen LogP contribution in [0, 0.1) is 0 Å². The molecule has 1 aromatic heterocycles. The number of hydrogen-bond donors (Lipinski definition) is 5. The van der Waals surface area contributed by atoms with E-state index in [-0.39, 0.29) is 0 Å². The molecular weight excluding hydrogens is 358 g/mol. The fourth-order valence-electron chi connectivity index (χ4n) is 2.21. The second kappa shape index (κ2) is 6.15. The van der Waals surface area contributed by atoms with Crippen LogP contribution in [-0.2, 0) is 21.1 Å². The van der Waals surface area contributed by atoms with Crippen molar-refractivity contribution in [2.75, 3.05) is 0 Å². The highest BCUT2D eigenvalue weighted by Gasteiger charge is 2.61. The van der Waals surface area contributed by atoms with Crippen molar-refractivity contribution in [2.24, 2.45) is 0 Å². The van der Waals surface area contributed by atoms with E-state index in [1.54, 1.807) is 0 Å². The fourth-order valence-corrected chi connectivity index (χ4v) is 3.05. The first-order valence-electron chi connectivity index (χ1n) is 6.23. The van der Waals surface area contributed by atoms with Crippen molar-refractivity contribution in [3.05, 3.63) is 33.1 Å². The van der Waals surface area contributed by atoms with Crippen LogP contribution in [0.15, 0.2) is 21.9 Å². The van der Waals surface area contributed by atoms with Gasteiger partial charge in [-0.15, -0.1) is 0 Å². The van der Waals surface area contributed by atoms with Gasteiger partial charge in [-0.05, 0) is 18.7 Å². The number of nitrogens with one attached hydrogen (secondary N) is 1. The van der Waals surface area contributed by atoms with Crippen LogP contribution in [0.5, 0.6) is 0 Å². The normalized spacial score (nSPS) is 32.9. The highest BCUT2D eigenvalue weighted by atomic mass is 32.5. The van der Waals surface area contributed by atoms with E-state index >= 15 is 0 Å². The van der Waals surface area contributed by atoms with E-state index < -0.39 is 48.4 Å². The van der Waals surface area contributed by atoms with Crippen LogP contribution in [0.1, 0.15) is 13.2 Å². The third-order valence-corrected chi connectivity index (χ3v) is 3.92. The SMILES string of the molecule is CC(O)[C@H]1O[C@@H](n2ccc(=O)[nH]c2=O)[C@@](O)(F)[C@@H]1OP(O)(O)=S. The Balaban J connectivity index is 2.48. The Morgan fingerprint density at radius 2 is 2.17 bits per heavy atom. The standard InChI is InChI=1S/C10H14FN2O8PS/c1-4(14)6-7(21-22(18,19)23)10(11,17)8(20-6)13-3-2-5(15)12-9(13)16/h2-4,6-8,14,17H,1H3,(H,12,15,16)(H2,18,19,23)/t4?,6-,7-,8-,10-/m1/s1. The molecule has 1 aromatic rings. The fraction of sp³-hybridized carbons (Fsp3) is 0.600. The quantitative estimate of drug-likeness (QED) is 0.380. The van der Waals surface area contributed by atoms with Crippen molar-refractivity contribution >= 4 is 18.5 Å². The number of aromatic amines is 1. The van der Waals surface area contributed by atoms with Gasteiger partial charge in [-0.25, -0.2) is 9.18 Å². The molecule has 23 heavy (non-hydrogen) atoms. The topological polar surface area (TPSA) is 154 Å². The highest BCUT2D eigenvalue weighted by Crippen LogP contribution is 2.49. The molecule has 0 bridgehead atoms. The first-order chi connectivity index (χ1) is 10.4. The predicted octanol–water partition coefficient (Wildman–Crippen LogP) is -1.93. The summed E-state index contributed by atoms with van der Waals surface area (Å²) < 4.78 is 24.9. The van der Waals surface area contributed by atoms with Crippen LogP contribution in [0.3, 0.4) is 0 Å². The molecule has 10 nitrogen and oxygen atoms in total. The molecule has 2 heterocycles. The molecule has 1 aliphatic rings. The minimum absolute atomic E-state index is 0.526. The molecule has 1 unspecified atom stereocenters. The zero-order chi connectivity index (χ0) is 17.6. The average molecular weight is 372 g/mol. The van der Waals surface area contributed by atoms with Crippen molar-refractivity contribution in [2.45, 2.75) is 37.3 Å². The van der Waals surface area contributed by atoms with Gasteiger partial charge >= 0.3 is 12.4 Å². The summed E-state index contributed by atoms with van der Waals surface area (Å²) in [6.45, 7) is -3.24. The molecule has 0 spiro atoms. The summed E-state index contributed by atoms with van der Waals surface area (Å²) in [5, 5.41) is 19.6. The molecule has 1 aliphatic heterocycles.